The van der Waals surface area contributed by atoms with Crippen molar-refractivity contribution >= 4 is 11.6 Å². The number of alkyl halides is 1. The van der Waals surface area contributed by atoms with E-state index in [-0.39, 0.29) is 5.38 Å². The van der Waals surface area contributed by atoms with E-state index in [1.54, 1.807) is 5.01 Å². The average molecular weight is 163 g/mol. The Morgan fingerprint density at radius 3 is 2.90 bits per heavy atom. The minimum absolute atomic E-state index is 0.242. The van der Waals surface area contributed by atoms with Gasteiger partial charge in [-0.15, -0.1) is 16.5 Å². The van der Waals surface area contributed by atoms with Crippen molar-refractivity contribution in [1.82, 2.24) is 5.01 Å². The van der Waals surface area contributed by atoms with Crippen LogP contribution in [0.3, 0.4) is 0 Å². The number of hydrogen-bond acceptors (Lipinski definition) is 2. The molecule has 4 heteroatoms. The Labute approximate surface area is 65.3 Å². The zero-order valence-corrected chi connectivity index (χ0v) is 6.55. The third-order valence-corrected chi connectivity index (χ3v) is 2.19. The van der Waals surface area contributed by atoms with Crippen LogP contribution >= 0.6 is 11.6 Å². The third-order valence-electron chi connectivity index (χ3n) is 1.75. The van der Waals surface area contributed by atoms with Crippen molar-refractivity contribution in [2.24, 2.45) is 5.29 Å². The molecule has 0 saturated carbocycles. The lowest BCUT2D eigenvalue weighted by molar-refractivity contribution is 0.296. The molecule has 0 spiro atoms. The Kier molecular flexibility index (Phi) is 2.93. The van der Waals surface area contributed by atoms with Gasteiger partial charge in [0.1, 0.15) is 0 Å². The summed E-state index contributed by atoms with van der Waals surface area (Å²) in [6.45, 7) is 1.49. The summed E-state index contributed by atoms with van der Waals surface area (Å²) in [5.74, 6) is 0. The van der Waals surface area contributed by atoms with Crippen molar-refractivity contribution in [2.75, 3.05) is 13.1 Å². The second-order valence-electron chi connectivity index (χ2n) is 2.56. The van der Waals surface area contributed by atoms with Gasteiger partial charge >= 0.3 is 0 Å². The molecule has 1 aliphatic rings. The van der Waals surface area contributed by atoms with E-state index in [0.29, 0.717) is 0 Å². The van der Waals surface area contributed by atoms with Gasteiger partial charge in [-0.05, 0) is 19.3 Å². The van der Waals surface area contributed by atoms with Crippen molar-refractivity contribution in [3.63, 3.8) is 0 Å². The number of nitrogens with zero attached hydrogens (tertiary/aromatic N) is 2. The molecule has 0 aliphatic carbocycles. The van der Waals surface area contributed by atoms with E-state index in [4.69, 9.17) is 11.6 Å². The summed E-state index contributed by atoms with van der Waals surface area (Å²) in [5, 5.41) is 4.65. The molecule has 0 aromatic carbocycles. The van der Waals surface area contributed by atoms with Gasteiger partial charge < -0.3 is 0 Å². The second-order valence-corrected chi connectivity index (χ2v) is 3.18. The van der Waals surface area contributed by atoms with Crippen LogP contribution in [-0.4, -0.2) is 23.5 Å². The summed E-state index contributed by atoms with van der Waals surface area (Å²) in [6, 6.07) is 0. The summed E-state index contributed by atoms with van der Waals surface area (Å²) in [7, 11) is 0. The van der Waals surface area contributed by atoms with Crippen LogP contribution in [0, 0.1) is 4.91 Å². The van der Waals surface area contributed by atoms with Crippen LogP contribution in [0.15, 0.2) is 5.29 Å². The normalized spacial score (nSPS) is 27.7. The van der Waals surface area contributed by atoms with Crippen molar-refractivity contribution < 1.29 is 0 Å². The topological polar surface area (TPSA) is 32.7 Å². The fourth-order valence-corrected chi connectivity index (χ4v) is 1.37. The summed E-state index contributed by atoms with van der Waals surface area (Å²) >= 11 is 5.87. The minimum Gasteiger partial charge on any atom is -0.261 e. The van der Waals surface area contributed by atoms with E-state index in [0.717, 1.165) is 32.4 Å². The highest BCUT2D eigenvalue weighted by Gasteiger charge is 2.13. The molecule has 1 rings (SSSR count). The van der Waals surface area contributed by atoms with Gasteiger partial charge in [0.25, 0.3) is 0 Å². The van der Waals surface area contributed by atoms with E-state index in [2.05, 4.69) is 5.29 Å². The fourth-order valence-electron chi connectivity index (χ4n) is 1.12. The van der Waals surface area contributed by atoms with Crippen molar-refractivity contribution in [1.29, 1.82) is 0 Å². The maximum Gasteiger partial charge on any atom is 0.0523 e. The van der Waals surface area contributed by atoms with Crippen molar-refractivity contribution in [2.45, 2.75) is 24.6 Å². The zero-order chi connectivity index (χ0) is 7.40. The summed E-state index contributed by atoms with van der Waals surface area (Å²) in [4.78, 5) is 10.1. The highest BCUT2D eigenvalue weighted by atomic mass is 35.5. The SMILES string of the molecule is O=NN1CCCC(Cl)CC1. The second kappa shape index (κ2) is 3.76. The molecule has 0 bridgehead atoms. The standard InChI is InChI=1S/C6H11ClN2O/c7-6-2-1-4-9(8-10)5-3-6/h6H,1-5H2. The molecule has 1 heterocycles. The monoisotopic (exact) mass is 162 g/mol. The van der Waals surface area contributed by atoms with Gasteiger partial charge in [-0.25, -0.2) is 0 Å². The molecular weight excluding hydrogens is 152 g/mol. The van der Waals surface area contributed by atoms with Gasteiger partial charge in [0.15, 0.2) is 0 Å². The number of nitroso groups, excluding NO2 is 1. The first-order valence-electron chi connectivity index (χ1n) is 3.55. The molecule has 10 heavy (non-hydrogen) atoms. The largest absolute Gasteiger partial charge is 0.261 e. The molecule has 0 radical (unpaired) electrons. The minimum atomic E-state index is 0.242. The quantitative estimate of drug-likeness (QED) is 0.435. The Bertz CT molecular complexity index is 120. The molecule has 3 nitrogen and oxygen atoms in total. The molecule has 0 amide bonds. The predicted molar refractivity (Wildman–Crippen MR) is 40.9 cm³/mol. The molecular formula is C6H11ClN2O. The van der Waals surface area contributed by atoms with Crippen LogP contribution < -0.4 is 0 Å². The Morgan fingerprint density at radius 2 is 2.20 bits per heavy atom. The molecule has 0 aromatic heterocycles. The Hall–Kier alpha value is -0.310. The molecule has 1 aliphatic heterocycles. The number of hydrogen-bond donors (Lipinski definition) is 0. The van der Waals surface area contributed by atoms with Gasteiger partial charge in [-0.2, -0.15) is 0 Å². The maximum absolute atomic E-state index is 10.1. The van der Waals surface area contributed by atoms with Gasteiger partial charge in [-0.1, -0.05) is 0 Å². The molecule has 58 valence electrons. The summed E-state index contributed by atoms with van der Waals surface area (Å²) < 4.78 is 0. The highest BCUT2D eigenvalue weighted by molar-refractivity contribution is 6.20. The van der Waals surface area contributed by atoms with Crippen molar-refractivity contribution in [3.8, 4) is 0 Å². The predicted octanol–water partition coefficient (Wildman–Crippen LogP) is 1.76. The summed E-state index contributed by atoms with van der Waals surface area (Å²) in [5.41, 5.74) is 0. The van der Waals surface area contributed by atoms with Crippen LogP contribution in [0.1, 0.15) is 19.3 Å². The van der Waals surface area contributed by atoms with Gasteiger partial charge in [-0.3, -0.25) is 5.01 Å². The molecule has 1 saturated heterocycles. The van der Waals surface area contributed by atoms with Gasteiger partial charge in [0.05, 0.1) is 5.29 Å². The first-order valence-corrected chi connectivity index (χ1v) is 3.99. The van der Waals surface area contributed by atoms with E-state index < -0.39 is 0 Å². The molecule has 1 atom stereocenters. The van der Waals surface area contributed by atoms with E-state index in [1.807, 2.05) is 0 Å². The molecule has 0 aromatic rings. The third kappa shape index (κ3) is 2.14. The van der Waals surface area contributed by atoms with E-state index in [9.17, 15) is 4.91 Å². The average Bonchev–Trinajstić information content (AvgIpc) is 2.14. The lowest BCUT2D eigenvalue weighted by atomic mass is 10.2. The first-order chi connectivity index (χ1) is 4.83. The van der Waals surface area contributed by atoms with Crippen LogP contribution in [0.2, 0.25) is 0 Å². The Morgan fingerprint density at radius 1 is 1.40 bits per heavy atom. The number of rotatable bonds is 1. The van der Waals surface area contributed by atoms with Crippen LogP contribution in [0.4, 0.5) is 0 Å². The first kappa shape index (κ1) is 7.79. The fraction of sp³-hybridized carbons (Fsp3) is 1.00. The molecule has 1 unspecified atom stereocenters. The lowest BCUT2D eigenvalue weighted by Crippen LogP contribution is -2.17. The zero-order valence-electron chi connectivity index (χ0n) is 5.79. The van der Waals surface area contributed by atoms with Crippen LogP contribution in [-0.2, 0) is 0 Å². The molecule has 1 fully saturated rings. The van der Waals surface area contributed by atoms with Crippen LogP contribution in [0.5, 0.6) is 0 Å². The van der Waals surface area contributed by atoms with Crippen LogP contribution in [0.25, 0.3) is 0 Å². The Balaban J connectivity index is 2.32. The molecule has 0 N–H and O–H groups in total. The highest BCUT2D eigenvalue weighted by Crippen LogP contribution is 2.15. The smallest absolute Gasteiger partial charge is 0.0523 e. The van der Waals surface area contributed by atoms with E-state index >= 15 is 0 Å². The van der Waals surface area contributed by atoms with Gasteiger partial charge in [0.2, 0.25) is 0 Å². The maximum atomic E-state index is 10.1. The lowest BCUT2D eigenvalue weighted by Gasteiger charge is -2.09. The van der Waals surface area contributed by atoms with Crippen molar-refractivity contribution in [3.05, 3.63) is 4.91 Å². The van der Waals surface area contributed by atoms with E-state index in [1.165, 1.54) is 0 Å². The number of halogens is 1. The summed E-state index contributed by atoms with van der Waals surface area (Å²) in [6.07, 6.45) is 2.88. The van der Waals surface area contributed by atoms with Gasteiger partial charge in [0, 0.05) is 18.5 Å².